The molecule has 1 aromatic rings. The SMILES string of the molecule is Cc1cccc([N+](=O)[O-])c1NC(C)(C)CC(=O)O. The molecule has 0 aliphatic rings. The fraction of sp³-hybridized carbons (Fsp3) is 0.417. The highest BCUT2D eigenvalue weighted by atomic mass is 16.6. The number of anilines is 1. The summed E-state index contributed by atoms with van der Waals surface area (Å²) in [6.07, 6.45) is -0.126. The predicted molar refractivity (Wildman–Crippen MR) is 67.8 cm³/mol. The molecule has 0 aliphatic heterocycles. The number of nitro benzene ring substituents is 1. The first-order valence-corrected chi connectivity index (χ1v) is 5.47. The number of nitrogens with zero attached hydrogens (tertiary/aromatic N) is 1. The van der Waals surface area contributed by atoms with Crippen molar-refractivity contribution in [2.75, 3.05) is 5.32 Å². The Morgan fingerprint density at radius 2 is 2.11 bits per heavy atom. The van der Waals surface area contributed by atoms with E-state index in [1.807, 2.05) is 0 Å². The summed E-state index contributed by atoms with van der Waals surface area (Å²) in [6.45, 7) is 5.13. The smallest absolute Gasteiger partial charge is 0.305 e. The lowest BCUT2D eigenvalue weighted by Gasteiger charge is -2.26. The van der Waals surface area contributed by atoms with Crippen LogP contribution in [0.2, 0.25) is 0 Å². The largest absolute Gasteiger partial charge is 0.481 e. The second-order valence-corrected chi connectivity index (χ2v) is 4.81. The van der Waals surface area contributed by atoms with Crippen LogP contribution in [0.5, 0.6) is 0 Å². The minimum atomic E-state index is -0.955. The van der Waals surface area contributed by atoms with Gasteiger partial charge in [-0.25, -0.2) is 0 Å². The summed E-state index contributed by atoms with van der Waals surface area (Å²) in [7, 11) is 0. The highest BCUT2D eigenvalue weighted by molar-refractivity contribution is 5.71. The van der Waals surface area contributed by atoms with Crippen molar-refractivity contribution in [3.63, 3.8) is 0 Å². The molecular formula is C12H16N2O4. The highest BCUT2D eigenvalue weighted by Crippen LogP contribution is 2.31. The van der Waals surface area contributed by atoms with Crippen molar-refractivity contribution >= 4 is 17.3 Å². The van der Waals surface area contributed by atoms with E-state index in [1.165, 1.54) is 6.07 Å². The molecule has 0 radical (unpaired) electrons. The van der Waals surface area contributed by atoms with E-state index in [0.717, 1.165) is 0 Å². The topological polar surface area (TPSA) is 92.5 Å². The van der Waals surface area contributed by atoms with Gasteiger partial charge in [-0.15, -0.1) is 0 Å². The first kappa shape index (κ1) is 14.0. The zero-order chi connectivity index (χ0) is 13.9. The van der Waals surface area contributed by atoms with Crippen LogP contribution in [0.1, 0.15) is 25.8 Å². The van der Waals surface area contributed by atoms with Gasteiger partial charge >= 0.3 is 5.97 Å². The van der Waals surface area contributed by atoms with E-state index in [0.29, 0.717) is 11.3 Å². The first-order valence-electron chi connectivity index (χ1n) is 5.47. The molecule has 0 atom stereocenters. The standard InChI is InChI=1S/C12H16N2O4/c1-8-5-4-6-9(14(17)18)11(8)13-12(2,3)7-10(15)16/h4-6,13H,7H2,1-3H3,(H,15,16). The van der Waals surface area contributed by atoms with Gasteiger partial charge < -0.3 is 10.4 Å². The molecular weight excluding hydrogens is 236 g/mol. The van der Waals surface area contributed by atoms with Gasteiger partial charge in [-0.3, -0.25) is 14.9 Å². The van der Waals surface area contributed by atoms with Gasteiger partial charge in [0.2, 0.25) is 0 Å². The number of rotatable bonds is 5. The number of benzene rings is 1. The zero-order valence-electron chi connectivity index (χ0n) is 10.6. The number of hydrogen-bond donors (Lipinski definition) is 2. The van der Waals surface area contributed by atoms with Gasteiger partial charge in [-0.2, -0.15) is 0 Å². The number of carbonyl (C=O) groups is 1. The van der Waals surface area contributed by atoms with E-state index in [9.17, 15) is 14.9 Å². The molecule has 0 aliphatic carbocycles. The van der Waals surface area contributed by atoms with E-state index in [-0.39, 0.29) is 12.1 Å². The second kappa shape index (κ2) is 5.03. The normalized spacial score (nSPS) is 11.1. The molecule has 98 valence electrons. The molecule has 6 nitrogen and oxygen atoms in total. The summed E-state index contributed by atoms with van der Waals surface area (Å²) in [5.41, 5.74) is 0.271. The minimum Gasteiger partial charge on any atom is -0.481 e. The van der Waals surface area contributed by atoms with Crippen molar-refractivity contribution in [3.8, 4) is 0 Å². The van der Waals surface area contributed by atoms with E-state index in [1.54, 1.807) is 32.9 Å². The molecule has 0 spiro atoms. The molecule has 0 unspecified atom stereocenters. The third-order valence-electron chi connectivity index (χ3n) is 2.50. The monoisotopic (exact) mass is 252 g/mol. The van der Waals surface area contributed by atoms with Crippen LogP contribution in [0.3, 0.4) is 0 Å². The zero-order valence-corrected chi connectivity index (χ0v) is 10.6. The lowest BCUT2D eigenvalue weighted by molar-refractivity contribution is -0.384. The molecule has 0 aromatic heterocycles. The van der Waals surface area contributed by atoms with Crippen LogP contribution in [0.15, 0.2) is 18.2 Å². The van der Waals surface area contributed by atoms with Crippen molar-refractivity contribution in [1.29, 1.82) is 0 Å². The molecule has 0 saturated heterocycles. The number of aliphatic carboxylic acids is 1. The van der Waals surface area contributed by atoms with E-state index >= 15 is 0 Å². The van der Waals surface area contributed by atoms with Crippen LogP contribution < -0.4 is 5.32 Å². The summed E-state index contributed by atoms with van der Waals surface area (Å²) in [4.78, 5) is 21.2. The molecule has 0 bridgehead atoms. The maximum Gasteiger partial charge on any atom is 0.305 e. The van der Waals surface area contributed by atoms with Crippen molar-refractivity contribution in [2.24, 2.45) is 0 Å². The molecule has 18 heavy (non-hydrogen) atoms. The Morgan fingerprint density at radius 1 is 1.50 bits per heavy atom. The van der Waals surface area contributed by atoms with Gasteiger partial charge in [-0.05, 0) is 26.3 Å². The van der Waals surface area contributed by atoms with Crippen LogP contribution in [-0.2, 0) is 4.79 Å². The number of carboxylic acids is 1. The lowest BCUT2D eigenvalue weighted by atomic mass is 9.99. The molecule has 0 amide bonds. The maximum absolute atomic E-state index is 10.9. The average Bonchev–Trinajstić information content (AvgIpc) is 2.18. The molecule has 6 heteroatoms. The Hall–Kier alpha value is -2.11. The molecule has 1 aromatic carbocycles. The number of nitrogens with one attached hydrogen (secondary N) is 1. The van der Waals surface area contributed by atoms with Gasteiger partial charge in [0.1, 0.15) is 5.69 Å². The van der Waals surface area contributed by atoms with E-state index in [4.69, 9.17) is 5.11 Å². The molecule has 0 saturated carbocycles. The second-order valence-electron chi connectivity index (χ2n) is 4.81. The number of para-hydroxylation sites is 1. The van der Waals surface area contributed by atoms with Crippen LogP contribution in [0.25, 0.3) is 0 Å². The number of aryl methyl sites for hydroxylation is 1. The Balaban J connectivity index is 3.10. The highest BCUT2D eigenvalue weighted by Gasteiger charge is 2.26. The van der Waals surface area contributed by atoms with Crippen molar-refractivity contribution < 1.29 is 14.8 Å². The lowest BCUT2D eigenvalue weighted by Crippen LogP contribution is -2.34. The Bertz CT molecular complexity index is 483. The van der Waals surface area contributed by atoms with Crippen molar-refractivity contribution in [3.05, 3.63) is 33.9 Å². The van der Waals surface area contributed by atoms with Gasteiger partial charge in [0.25, 0.3) is 5.69 Å². The van der Waals surface area contributed by atoms with E-state index < -0.39 is 16.4 Å². The average molecular weight is 252 g/mol. The fourth-order valence-corrected chi connectivity index (χ4v) is 1.73. The molecule has 1 rings (SSSR count). The summed E-state index contributed by atoms with van der Waals surface area (Å²) in [5.74, 6) is -0.955. The number of nitro groups is 1. The minimum absolute atomic E-state index is 0.0477. The molecule has 0 fully saturated rings. The van der Waals surface area contributed by atoms with Crippen molar-refractivity contribution in [2.45, 2.75) is 32.7 Å². The maximum atomic E-state index is 10.9. The van der Waals surface area contributed by atoms with Crippen LogP contribution in [0, 0.1) is 17.0 Å². The van der Waals surface area contributed by atoms with Crippen molar-refractivity contribution in [1.82, 2.24) is 0 Å². The van der Waals surface area contributed by atoms with Gasteiger partial charge in [0, 0.05) is 11.6 Å². The summed E-state index contributed by atoms with van der Waals surface area (Å²) >= 11 is 0. The van der Waals surface area contributed by atoms with Crippen LogP contribution in [0.4, 0.5) is 11.4 Å². The summed E-state index contributed by atoms with van der Waals surface area (Å²) in [6, 6.07) is 4.74. The quantitative estimate of drug-likeness (QED) is 0.620. The third-order valence-corrected chi connectivity index (χ3v) is 2.50. The Labute approximate surface area is 105 Å². The van der Waals surface area contributed by atoms with Crippen LogP contribution in [-0.4, -0.2) is 21.5 Å². The summed E-state index contributed by atoms with van der Waals surface area (Å²) in [5, 5.41) is 22.7. The molecule has 2 N–H and O–H groups in total. The Morgan fingerprint density at radius 3 is 2.61 bits per heavy atom. The predicted octanol–water partition coefficient (Wildman–Crippen LogP) is 2.57. The van der Waals surface area contributed by atoms with Crippen LogP contribution >= 0.6 is 0 Å². The van der Waals surface area contributed by atoms with Gasteiger partial charge in [0.05, 0.1) is 11.3 Å². The third kappa shape index (κ3) is 3.44. The van der Waals surface area contributed by atoms with E-state index in [2.05, 4.69) is 5.32 Å². The molecule has 0 heterocycles. The first-order chi connectivity index (χ1) is 8.23. The Kier molecular flexibility index (Phi) is 3.90. The van der Waals surface area contributed by atoms with Gasteiger partial charge in [-0.1, -0.05) is 12.1 Å². The van der Waals surface area contributed by atoms with Gasteiger partial charge in [0.15, 0.2) is 0 Å². The number of hydrogen-bond acceptors (Lipinski definition) is 4. The fourth-order valence-electron chi connectivity index (χ4n) is 1.73. The number of carboxylic acid groups (broad SMARTS) is 1. The summed E-state index contributed by atoms with van der Waals surface area (Å²) < 4.78 is 0.